The molecule has 1 saturated heterocycles. The minimum absolute atomic E-state index is 0.131. The summed E-state index contributed by atoms with van der Waals surface area (Å²) in [6, 6.07) is 0.302. The third kappa shape index (κ3) is 5.97. The summed E-state index contributed by atoms with van der Waals surface area (Å²) in [6.07, 6.45) is 6.91. The van der Waals surface area contributed by atoms with Crippen LogP contribution < -0.4 is 10.6 Å². The molecule has 0 aromatic heterocycles. The van der Waals surface area contributed by atoms with Crippen LogP contribution in [0.3, 0.4) is 0 Å². The van der Waals surface area contributed by atoms with Crippen molar-refractivity contribution in [1.82, 2.24) is 10.6 Å². The molecular weight excluding hydrogens is 262 g/mol. The van der Waals surface area contributed by atoms with Gasteiger partial charge in [-0.2, -0.15) is 0 Å². The van der Waals surface area contributed by atoms with Crippen molar-refractivity contribution in [3.63, 3.8) is 0 Å². The maximum atomic E-state index is 11.4. The third-order valence-corrected chi connectivity index (χ3v) is 5.02. The van der Waals surface area contributed by atoms with Gasteiger partial charge in [0, 0.05) is 12.6 Å². The van der Waals surface area contributed by atoms with E-state index in [4.69, 9.17) is 6.42 Å². The third-order valence-electron chi connectivity index (χ3n) is 3.19. The normalized spacial score (nSPS) is 23.6. The van der Waals surface area contributed by atoms with Crippen molar-refractivity contribution < 1.29 is 8.42 Å². The molecule has 0 radical (unpaired) electrons. The molecule has 0 aromatic carbocycles. The fourth-order valence-electron chi connectivity index (χ4n) is 1.86. The average Bonchev–Trinajstić information content (AvgIpc) is 2.72. The molecule has 0 aliphatic carbocycles. The number of aliphatic imine (C=N–C) groups is 1. The Morgan fingerprint density at radius 3 is 2.84 bits per heavy atom. The molecule has 0 aromatic rings. The molecule has 0 saturated carbocycles. The summed E-state index contributed by atoms with van der Waals surface area (Å²) in [5, 5.41) is 6.27. The quantitative estimate of drug-likeness (QED) is 0.435. The molecule has 1 heterocycles. The van der Waals surface area contributed by atoms with Gasteiger partial charge in [0.2, 0.25) is 0 Å². The van der Waals surface area contributed by atoms with Gasteiger partial charge in [-0.15, -0.1) is 6.42 Å². The van der Waals surface area contributed by atoms with Crippen molar-refractivity contribution in [2.75, 3.05) is 24.6 Å². The van der Waals surface area contributed by atoms with Gasteiger partial charge in [-0.1, -0.05) is 12.8 Å². The van der Waals surface area contributed by atoms with Gasteiger partial charge in [0.15, 0.2) is 15.8 Å². The molecule has 1 aliphatic heterocycles. The highest BCUT2D eigenvalue weighted by Crippen LogP contribution is 2.18. The Kier molecular flexibility index (Phi) is 6.16. The number of rotatable bonds is 5. The first kappa shape index (κ1) is 15.8. The molecule has 2 unspecified atom stereocenters. The second kappa shape index (κ2) is 7.39. The predicted octanol–water partition coefficient (Wildman–Crippen LogP) is 0.388. The van der Waals surface area contributed by atoms with Gasteiger partial charge in [-0.05, 0) is 25.7 Å². The summed E-state index contributed by atoms with van der Waals surface area (Å²) in [7, 11) is -2.83. The van der Waals surface area contributed by atoms with Crippen LogP contribution in [0.25, 0.3) is 0 Å². The van der Waals surface area contributed by atoms with Crippen molar-refractivity contribution in [3.05, 3.63) is 0 Å². The zero-order chi connectivity index (χ0) is 14.3. The number of guanidine groups is 1. The van der Waals surface area contributed by atoms with Crippen molar-refractivity contribution in [1.29, 1.82) is 0 Å². The lowest BCUT2D eigenvalue weighted by atomic mass is 10.1. The molecule has 2 N–H and O–H groups in total. The standard InChI is InChI=1S/C13H23N3O2S/c1-4-7-14-13(16-11(3)5-2)15-9-12-6-8-19(17,18)10-12/h1,11-12H,5-10H2,2-3H3,(H2,14,15,16). The van der Waals surface area contributed by atoms with E-state index in [0.29, 0.717) is 37.3 Å². The van der Waals surface area contributed by atoms with E-state index < -0.39 is 9.84 Å². The SMILES string of the molecule is C#CCNC(=NCC1CCS(=O)(=O)C1)NC(C)CC. The minimum atomic E-state index is -2.83. The van der Waals surface area contributed by atoms with Crippen LogP contribution in [0, 0.1) is 18.3 Å². The Balaban J connectivity index is 2.54. The van der Waals surface area contributed by atoms with Crippen LogP contribution in [-0.2, 0) is 9.84 Å². The first-order valence-electron chi connectivity index (χ1n) is 6.65. The van der Waals surface area contributed by atoms with Crippen LogP contribution in [0.5, 0.6) is 0 Å². The highest BCUT2D eigenvalue weighted by Gasteiger charge is 2.27. The number of sulfone groups is 1. The Morgan fingerprint density at radius 1 is 1.58 bits per heavy atom. The van der Waals surface area contributed by atoms with E-state index in [2.05, 4.69) is 35.4 Å². The Hall–Kier alpha value is -1.22. The Bertz CT molecular complexity index is 451. The molecule has 1 rings (SSSR count). The molecule has 0 amide bonds. The summed E-state index contributed by atoms with van der Waals surface area (Å²) in [6.45, 7) is 5.08. The second-order valence-electron chi connectivity index (χ2n) is 4.97. The van der Waals surface area contributed by atoms with Crippen LogP contribution in [0.1, 0.15) is 26.7 Å². The largest absolute Gasteiger partial charge is 0.354 e. The first-order chi connectivity index (χ1) is 8.96. The average molecular weight is 285 g/mol. The molecule has 1 fully saturated rings. The van der Waals surface area contributed by atoms with Crippen LogP contribution >= 0.6 is 0 Å². The topological polar surface area (TPSA) is 70.6 Å². The zero-order valence-electron chi connectivity index (χ0n) is 11.6. The van der Waals surface area contributed by atoms with Gasteiger partial charge >= 0.3 is 0 Å². The van der Waals surface area contributed by atoms with E-state index >= 15 is 0 Å². The highest BCUT2D eigenvalue weighted by molar-refractivity contribution is 7.91. The lowest BCUT2D eigenvalue weighted by Crippen LogP contribution is -2.42. The maximum Gasteiger partial charge on any atom is 0.192 e. The molecule has 1 aliphatic rings. The molecular formula is C13H23N3O2S. The van der Waals surface area contributed by atoms with Crippen molar-refractivity contribution in [2.24, 2.45) is 10.9 Å². The second-order valence-corrected chi connectivity index (χ2v) is 7.20. The van der Waals surface area contributed by atoms with Crippen LogP contribution in [0.15, 0.2) is 4.99 Å². The van der Waals surface area contributed by atoms with E-state index in [9.17, 15) is 8.42 Å². The molecule has 108 valence electrons. The summed E-state index contributed by atoms with van der Waals surface area (Å²) < 4.78 is 22.8. The monoisotopic (exact) mass is 285 g/mol. The number of nitrogens with zero attached hydrogens (tertiary/aromatic N) is 1. The van der Waals surface area contributed by atoms with Gasteiger partial charge in [0.1, 0.15) is 0 Å². The lowest BCUT2D eigenvalue weighted by Gasteiger charge is -2.16. The van der Waals surface area contributed by atoms with E-state index in [1.54, 1.807) is 0 Å². The van der Waals surface area contributed by atoms with Crippen LogP contribution in [0.2, 0.25) is 0 Å². The molecule has 0 bridgehead atoms. The first-order valence-corrected chi connectivity index (χ1v) is 8.47. The zero-order valence-corrected chi connectivity index (χ0v) is 12.5. The van der Waals surface area contributed by atoms with Gasteiger partial charge in [-0.3, -0.25) is 4.99 Å². The number of nitrogens with one attached hydrogen (secondary N) is 2. The van der Waals surface area contributed by atoms with E-state index in [1.807, 2.05) is 0 Å². The fourth-order valence-corrected chi connectivity index (χ4v) is 3.71. The number of hydrogen-bond donors (Lipinski definition) is 2. The van der Waals surface area contributed by atoms with E-state index in [-0.39, 0.29) is 11.7 Å². The van der Waals surface area contributed by atoms with Gasteiger partial charge < -0.3 is 10.6 Å². The van der Waals surface area contributed by atoms with Gasteiger partial charge in [-0.25, -0.2) is 8.42 Å². The Morgan fingerprint density at radius 2 is 2.32 bits per heavy atom. The minimum Gasteiger partial charge on any atom is -0.354 e. The summed E-state index contributed by atoms with van der Waals surface area (Å²) in [5.41, 5.74) is 0. The molecule has 2 atom stereocenters. The summed E-state index contributed by atoms with van der Waals surface area (Å²) in [5.74, 6) is 3.84. The summed E-state index contributed by atoms with van der Waals surface area (Å²) >= 11 is 0. The van der Waals surface area contributed by atoms with E-state index in [0.717, 1.165) is 6.42 Å². The summed E-state index contributed by atoms with van der Waals surface area (Å²) in [4.78, 5) is 4.43. The number of terminal acetylenes is 1. The van der Waals surface area contributed by atoms with Gasteiger partial charge in [0.05, 0.1) is 18.1 Å². The van der Waals surface area contributed by atoms with E-state index in [1.165, 1.54) is 0 Å². The fraction of sp³-hybridized carbons (Fsp3) is 0.769. The number of hydrogen-bond acceptors (Lipinski definition) is 3. The molecule has 6 heteroatoms. The van der Waals surface area contributed by atoms with Crippen molar-refractivity contribution in [2.45, 2.75) is 32.7 Å². The lowest BCUT2D eigenvalue weighted by molar-refractivity contribution is 0.584. The van der Waals surface area contributed by atoms with Gasteiger partial charge in [0.25, 0.3) is 0 Å². The molecule has 0 spiro atoms. The predicted molar refractivity (Wildman–Crippen MR) is 78.8 cm³/mol. The Labute approximate surface area is 116 Å². The highest BCUT2D eigenvalue weighted by atomic mass is 32.2. The van der Waals surface area contributed by atoms with Crippen LogP contribution in [-0.4, -0.2) is 45.0 Å². The van der Waals surface area contributed by atoms with Crippen molar-refractivity contribution in [3.8, 4) is 12.3 Å². The van der Waals surface area contributed by atoms with Crippen LogP contribution in [0.4, 0.5) is 0 Å². The molecule has 5 nitrogen and oxygen atoms in total. The molecule has 19 heavy (non-hydrogen) atoms. The maximum absolute atomic E-state index is 11.4. The smallest absolute Gasteiger partial charge is 0.192 e. The van der Waals surface area contributed by atoms with Crippen molar-refractivity contribution >= 4 is 15.8 Å².